The molecule has 1 saturated heterocycles. The molecule has 0 aliphatic carbocycles. The number of sulfonamides is 1. The molecule has 1 aromatic heterocycles. The number of thiazole rings is 1. The highest BCUT2D eigenvalue weighted by Gasteiger charge is 2.31. The van der Waals surface area contributed by atoms with Gasteiger partial charge in [0.2, 0.25) is 15.9 Å². The minimum absolute atomic E-state index is 0.128. The summed E-state index contributed by atoms with van der Waals surface area (Å²) in [4.78, 5) is 16.2. The Morgan fingerprint density at radius 2 is 2.12 bits per heavy atom. The van der Waals surface area contributed by atoms with Crippen LogP contribution in [-0.4, -0.2) is 36.7 Å². The highest BCUT2D eigenvalue weighted by Crippen LogP contribution is 2.23. The van der Waals surface area contributed by atoms with Gasteiger partial charge in [0, 0.05) is 30.6 Å². The van der Waals surface area contributed by atoms with E-state index < -0.39 is 15.8 Å². The molecule has 3 rings (SSSR count). The van der Waals surface area contributed by atoms with E-state index in [2.05, 4.69) is 10.3 Å². The molecule has 1 amide bonds. The normalized spacial score (nSPS) is 16.7. The van der Waals surface area contributed by atoms with Gasteiger partial charge < -0.3 is 5.32 Å². The zero-order valence-electron chi connectivity index (χ0n) is 13.4. The van der Waals surface area contributed by atoms with Crippen molar-refractivity contribution in [1.29, 1.82) is 0 Å². The number of rotatable bonds is 5. The summed E-state index contributed by atoms with van der Waals surface area (Å²) in [5.74, 6) is -1.05. The van der Waals surface area contributed by atoms with Crippen LogP contribution >= 0.6 is 11.3 Å². The summed E-state index contributed by atoms with van der Waals surface area (Å²) in [6, 6.07) is 5.60. The first-order valence-electron chi connectivity index (χ1n) is 7.87. The van der Waals surface area contributed by atoms with Gasteiger partial charge in [0.05, 0.1) is 5.75 Å². The lowest BCUT2D eigenvalue weighted by atomic mass is 9.97. The Bertz CT molecular complexity index is 832. The average Bonchev–Trinajstić information content (AvgIpc) is 3.07. The number of benzene rings is 1. The molecule has 1 aliphatic rings. The molecule has 0 saturated carbocycles. The highest BCUT2D eigenvalue weighted by molar-refractivity contribution is 7.88. The fourth-order valence-electron chi connectivity index (χ4n) is 2.82. The van der Waals surface area contributed by atoms with Crippen molar-refractivity contribution in [3.8, 4) is 0 Å². The van der Waals surface area contributed by atoms with Gasteiger partial charge in [-0.3, -0.25) is 4.79 Å². The number of aromatic nitrogens is 1. The van der Waals surface area contributed by atoms with Crippen molar-refractivity contribution < 1.29 is 17.6 Å². The standard InChI is InChI=1S/C16H18FN3O3S2/c17-14-3-1-2-12(10-14)11-25(22,23)20-7-4-13(5-8-20)15(21)19-16-18-6-9-24-16/h1-3,6,9-10,13H,4-5,7-8,11H2,(H,18,19,21). The summed E-state index contributed by atoms with van der Waals surface area (Å²) >= 11 is 1.34. The topological polar surface area (TPSA) is 79.4 Å². The van der Waals surface area contributed by atoms with Crippen molar-refractivity contribution in [3.63, 3.8) is 0 Å². The molecule has 9 heteroatoms. The third-order valence-corrected chi connectivity index (χ3v) is 6.66. The van der Waals surface area contributed by atoms with Gasteiger partial charge in [0.25, 0.3) is 0 Å². The van der Waals surface area contributed by atoms with Crippen LogP contribution in [0.3, 0.4) is 0 Å². The first-order valence-corrected chi connectivity index (χ1v) is 10.4. The summed E-state index contributed by atoms with van der Waals surface area (Å²) in [5, 5.41) is 5.07. The van der Waals surface area contributed by atoms with E-state index in [9.17, 15) is 17.6 Å². The van der Waals surface area contributed by atoms with E-state index >= 15 is 0 Å². The Hall–Kier alpha value is -1.84. The van der Waals surface area contributed by atoms with Crippen molar-refractivity contribution in [2.45, 2.75) is 18.6 Å². The largest absolute Gasteiger partial charge is 0.302 e. The zero-order chi connectivity index (χ0) is 17.9. The Morgan fingerprint density at radius 3 is 2.76 bits per heavy atom. The maximum Gasteiger partial charge on any atom is 0.229 e. The summed E-state index contributed by atoms with van der Waals surface area (Å²) in [6.45, 7) is 0.571. The van der Waals surface area contributed by atoms with Crippen LogP contribution in [-0.2, 0) is 20.6 Å². The maximum absolute atomic E-state index is 13.2. The molecule has 6 nitrogen and oxygen atoms in total. The molecule has 0 bridgehead atoms. The summed E-state index contributed by atoms with van der Waals surface area (Å²) < 4.78 is 39.6. The van der Waals surface area contributed by atoms with Crippen LogP contribution in [0.2, 0.25) is 0 Å². The molecule has 1 N–H and O–H groups in total. The van der Waals surface area contributed by atoms with E-state index in [0.29, 0.717) is 23.5 Å². The van der Waals surface area contributed by atoms with Crippen molar-refractivity contribution in [1.82, 2.24) is 9.29 Å². The van der Waals surface area contributed by atoms with Crippen molar-refractivity contribution in [3.05, 3.63) is 47.2 Å². The molecule has 0 radical (unpaired) electrons. The lowest BCUT2D eigenvalue weighted by Gasteiger charge is -2.30. The predicted molar refractivity (Wildman–Crippen MR) is 94.1 cm³/mol. The van der Waals surface area contributed by atoms with Crippen LogP contribution in [0, 0.1) is 11.7 Å². The molecular weight excluding hydrogens is 365 g/mol. The molecule has 0 unspecified atom stereocenters. The number of hydrogen-bond acceptors (Lipinski definition) is 5. The second-order valence-electron chi connectivity index (χ2n) is 5.89. The van der Waals surface area contributed by atoms with Gasteiger partial charge in [-0.15, -0.1) is 11.3 Å². The van der Waals surface area contributed by atoms with Crippen molar-refractivity contribution in [2.24, 2.45) is 5.92 Å². The predicted octanol–water partition coefficient (Wildman–Crippen LogP) is 2.46. The smallest absolute Gasteiger partial charge is 0.229 e. The number of anilines is 1. The molecule has 0 spiro atoms. The summed E-state index contributed by atoms with van der Waals surface area (Å²) in [5.41, 5.74) is 0.420. The van der Waals surface area contributed by atoms with Crippen molar-refractivity contribution >= 4 is 32.4 Å². The second kappa shape index (κ2) is 7.59. The maximum atomic E-state index is 13.2. The van der Waals surface area contributed by atoms with E-state index in [1.54, 1.807) is 17.6 Å². The number of amides is 1. The minimum atomic E-state index is -3.53. The molecule has 2 aromatic rings. The summed E-state index contributed by atoms with van der Waals surface area (Å²) in [7, 11) is -3.53. The Morgan fingerprint density at radius 1 is 1.36 bits per heavy atom. The molecule has 0 atom stereocenters. The van der Waals surface area contributed by atoms with Crippen molar-refractivity contribution in [2.75, 3.05) is 18.4 Å². The number of nitrogens with zero attached hydrogens (tertiary/aromatic N) is 2. The third-order valence-electron chi connectivity index (χ3n) is 4.12. The molecular formula is C16H18FN3O3S2. The number of hydrogen-bond donors (Lipinski definition) is 1. The van der Waals surface area contributed by atoms with E-state index in [1.807, 2.05) is 0 Å². The van der Waals surface area contributed by atoms with Crippen LogP contribution in [0.5, 0.6) is 0 Å². The Labute approximate surface area is 149 Å². The first kappa shape index (κ1) is 18.0. The molecule has 1 aliphatic heterocycles. The van der Waals surface area contributed by atoms with Crippen LogP contribution in [0.25, 0.3) is 0 Å². The molecule has 25 heavy (non-hydrogen) atoms. The molecule has 2 heterocycles. The van der Waals surface area contributed by atoms with Gasteiger partial charge in [0.1, 0.15) is 5.82 Å². The van der Waals surface area contributed by atoms with Gasteiger partial charge >= 0.3 is 0 Å². The SMILES string of the molecule is O=C(Nc1nccs1)C1CCN(S(=O)(=O)Cc2cccc(F)c2)CC1. The van der Waals surface area contributed by atoms with Crippen LogP contribution < -0.4 is 5.32 Å². The van der Waals surface area contributed by atoms with Crippen LogP contribution in [0.1, 0.15) is 18.4 Å². The molecule has 1 aromatic carbocycles. The highest BCUT2D eigenvalue weighted by atomic mass is 32.2. The number of carbonyl (C=O) groups is 1. The summed E-state index contributed by atoms with van der Waals surface area (Å²) in [6.07, 6.45) is 2.53. The van der Waals surface area contributed by atoms with Crippen LogP contribution in [0.15, 0.2) is 35.8 Å². The Kier molecular flexibility index (Phi) is 5.45. The van der Waals surface area contributed by atoms with Crippen LogP contribution in [0.4, 0.5) is 9.52 Å². The third kappa shape index (κ3) is 4.62. The Balaban J connectivity index is 1.56. The number of carbonyl (C=O) groups excluding carboxylic acids is 1. The van der Waals surface area contributed by atoms with E-state index in [-0.39, 0.29) is 30.7 Å². The molecule has 134 valence electrons. The number of piperidine rings is 1. The van der Waals surface area contributed by atoms with E-state index in [0.717, 1.165) is 0 Å². The van der Waals surface area contributed by atoms with E-state index in [4.69, 9.17) is 0 Å². The molecule has 1 fully saturated rings. The van der Waals surface area contributed by atoms with Gasteiger partial charge in [-0.25, -0.2) is 22.1 Å². The lowest BCUT2D eigenvalue weighted by Crippen LogP contribution is -2.41. The van der Waals surface area contributed by atoms with Gasteiger partial charge in [0.15, 0.2) is 5.13 Å². The van der Waals surface area contributed by atoms with Gasteiger partial charge in [-0.1, -0.05) is 12.1 Å². The average molecular weight is 383 g/mol. The monoisotopic (exact) mass is 383 g/mol. The zero-order valence-corrected chi connectivity index (χ0v) is 15.0. The quantitative estimate of drug-likeness (QED) is 0.860. The number of halogens is 1. The van der Waals surface area contributed by atoms with Gasteiger partial charge in [-0.05, 0) is 30.5 Å². The lowest BCUT2D eigenvalue weighted by molar-refractivity contribution is -0.120. The number of nitrogens with one attached hydrogen (secondary N) is 1. The fourth-order valence-corrected chi connectivity index (χ4v) is 4.90. The first-order chi connectivity index (χ1) is 11.9. The fraction of sp³-hybridized carbons (Fsp3) is 0.375. The van der Waals surface area contributed by atoms with E-state index in [1.165, 1.54) is 33.8 Å². The van der Waals surface area contributed by atoms with Gasteiger partial charge in [-0.2, -0.15) is 0 Å². The second-order valence-corrected chi connectivity index (χ2v) is 8.75. The minimum Gasteiger partial charge on any atom is -0.302 e.